The maximum atomic E-state index is 6.20. The summed E-state index contributed by atoms with van der Waals surface area (Å²) in [7, 11) is 0. The molecule has 0 amide bonds. The van der Waals surface area contributed by atoms with E-state index in [1.807, 2.05) is 37.3 Å². The van der Waals surface area contributed by atoms with Gasteiger partial charge in [-0.1, -0.05) is 35.9 Å². The average molecular weight is 319 g/mol. The Labute approximate surface area is 136 Å². The molecule has 0 radical (unpaired) electrons. The van der Waals surface area contributed by atoms with Gasteiger partial charge in [-0.2, -0.15) is 0 Å². The molecule has 2 aromatic rings. The number of hydrogen-bond donors (Lipinski definition) is 2. The number of nitrogens with one attached hydrogen (secondary N) is 2. The molecule has 0 unspecified atom stereocenters. The van der Waals surface area contributed by atoms with Crippen molar-refractivity contribution in [1.29, 1.82) is 0 Å². The van der Waals surface area contributed by atoms with E-state index in [0.29, 0.717) is 5.11 Å². The van der Waals surface area contributed by atoms with Crippen LogP contribution in [0, 0.1) is 13.8 Å². The molecule has 110 valence electrons. The zero-order chi connectivity index (χ0) is 15.4. The number of aryl methyl sites for hydroxylation is 2. The van der Waals surface area contributed by atoms with Gasteiger partial charge in [-0.3, -0.25) is 0 Å². The molecule has 0 aliphatic carbocycles. The van der Waals surface area contributed by atoms with Crippen LogP contribution in [0.2, 0.25) is 5.02 Å². The van der Waals surface area contributed by atoms with Crippen LogP contribution in [0.4, 0.5) is 5.69 Å². The van der Waals surface area contributed by atoms with Gasteiger partial charge in [-0.25, -0.2) is 0 Å². The van der Waals surface area contributed by atoms with Crippen LogP contribution in [0.3, 0.4) is 0 Å². The number of rotatable bonds is 3. The van der Waals surface area contributed by atoms with Crippen LogP contribution in [-0.2, 0) is 0 Å². The summed E-state index contributed by atoms with van der Waals surface area (Å²) in [5.74, 6) is 0. The van der Waals surface area contributed by atoms with Crippen molar-refractivity contribution in [1.82, 2.24) is 5.32 Å². The molecule has 0 saturated heterocycles. The fourth-order valence-corrected chi connectivity index (χ4v) is 2.68. The first kappa shape index (κ1) is 15.8. The van der Waals surface area contributed by atoms with E-state index in [1.165, 1.54) is 11.1 Å². The van der Waals surface area contributed by atoms with Crippen LogP contribution in [0.15, 0.2) is 42.5 Å². The van der Waals surface area contributed by atoms with Crippen molar-refractivity contribution in [2.75, 3.05) is 5.32 Å². The van der Waals surface area contributed by atoms with E-state index < -0.39 is 0 Å². The molecule has 0 fully saturated rings. The molecule has 1 atom stereocenters. The van der Waals surface area contributed by atoms with Gasteiger partial charge in [0.1, 0.15) is 0 Å². The topological polar surface area (TPSA) is 24.1 Å². The molecule has 0 spiro atoms. The summed E-state index contributed by atoms with van der Waals surface area (Å²) >= 11 is 11.6. The summed E-state index contributed by atoms with van der Waals surface area (Å²) in [6.45, 7) is 6.22. The number of anilines is 1. The van der Waals surface area contributed by atoms with Crippen molar-refractivity contribution in [3.8, 4) is 0 Å². The number of benzene rings is 2. The van der Waals surface area contributed by atoms with E-state index in [1.54, 1.807) is 0 Å². The molecule has 4 heteroatoms. The molecule has 2 nitrogen and oxygen atoms in total. The van der Waals surface area contributed by atoms with Gasteiger partial charge in [-0.05, 0) is 67.9 Å². The zero-order valence-corrected chi connectivity index (χ0v) is 14.0. The largest absolute Gasteiger partial charge is 0.356 e. The van der Waals surface area contributed by atoms with Gasteiger partial charge >= 0.3 is 0 Å². The predicted molar refractivity (Wildman–Crippen MR) is 95.1 cm³/mol. The Bertz CT molecular complexity index is 655. The number of thiocarbonyl (C=S) groups is 1. The summed E-state index contributed by atoms with van der Waals surface area (Å²) in [5.41, 5.74) is 4.52. The highest BCUT2D eigenvalue weighted by Crippen LogP contribution is 2.22. The van der Waals surface area contributed by atoms with Crippen LogP contribution in [-0.4, -0.2) is 5.11 Å². The Morgan fingerprint density at radius 3 is 2.48 bits per heavy atom. The highest BCUT2D eigenvalue weighted by atomic mass is 35.5. The van der Waals surface area contributed by atoms with Crippen LogP contribution >= 0.6 is 23.8 Å². The smallest absolute Gasteiger partial charge is 0.171 e. The van der Waals surface area contributed by atoms with Gasteiger partial charge in [0, 0.05) is 10.7 Å². The lowest BCUT2D eigenvalue weighted by Gasteiger charge is -2.18. The first-order valence-corrected chi connectivity index (χ1v) is 7.65. The van der Waals surface area contributed by atoms with E-state index in [-0.39, 0.29) is 6.04 Å². The Morgan fingerprint density at radius 2 is 1.81 bits per heavy atom. The quantitative estimate of drug-likeness (QED) is 0.778. The zero-order valence-electron chi connectivity index (χ0n) is 12.4. The predicted octanol–water partition coefficient (Wildman–Crippen LogP) is 5.00. The monoisotopic (exact) mass is 318 g/mol. The molecule has 0 heterocycles. The summed E-state index contributed by atoms with van der Waals surface area (Å²) in [6, 6.07) is 14.0. The van der Waals surface area contributed by atoms with E-state index in [2.05, 4.69) is 36.6 Å². The standard InChI is InChI=1S/C17H19ClN2S/c1-11-8-9-14(10-12(11)2)20-17(21)19-13(3)15-6-4-5-7-16(15)18/h4-10,13H,1-3H3,(H2,19,20,21)/t13-/m1/s1. The molecule has 2 N–H and O–H groups in total. The van der Waals surface area contributed by atoms with Gasteiger partial charge in [0.25, 0.3) is 0 Å². The fourth-order valence-electron chi connectivity index (χ4n) is 2.09. The molecule has 0 aromatic heterocycles. The second-order valence-electron chi connectivity index (χ2n) is 5.14. The number of halogens is 1. The summed E-state index contributed by atoms with van der Waals surface area (Å²) in [6.07, 6.45) is 0. The Hall–Kier alpha value is -1.58. The molecule has 0 aliphatic heterocycles. The third-order valence-corrected chi connectivity index (χ3v) is 4.05. The lowest BCUT2D eigenvalue weighted by molar-refractivity contribution is 0.723. The second-order valence-corrected chi connectivity index (χ2v) is 5.96. The minimum absolute atomic E-state index is 0.0465. The van der Waals surface area contributed by atoms with Crippen LogP contribution < -0.4 is 10.6 Å². The van der Waals surface area contributed by atoms with Crippen molar-refractivity contribution in [2.45, 2.75) is 26.8 Å². The maximum absolute atomic E-state index is 6.20. The average Bonchev–Trinajstić information content (AvgIpc) is 2.43. The van der Waals surface area contributed by atoms with E-state index >= 15 is 0 Å². The Balaban J connectivity index is 2.01. The summed E-state index contributed by atoms with van der Waals surface area (Å²) in [4.78, 5) is 0. The minimum Gasteiger partial charge on any atom is -0.356 e. The van der Waals surface area contributed by atoms with E-state index in [4.69, 9.17) is 23.8 Å². The normalized spacial score (nSPS) is 11.8. The molecule has 0 aliphatic rings. The fraction of sp³-hybridized carbons (Fsp3) is 0.235. The molecule has 2 aromatic carbocycles. The van der Waals surface area contributed by atoms with Gasteiger partial charge in [0.05, 0.1) is 6.04 Å². The first-order valence-electron chi connectivity index (χ1n) is 6.86. The van der Waals surface area contributed by atoms with Crippen molar-refractivity contribution in [2.24, 2.45) is 0 Å². The molecule has 2 rings (SSSR count). The third-order valence-electron chi connectivity index (χ3n) is 3.48. The van der Waals surface area contributed by atoms with Crippen molar-refractivity contribution >= 4 is 34.6 Å². The van der Waals surface area contributed by atoms with Gasteiger partial charge in [-0.15, -0.1) is 0 Å². The third kappa shape index (κ3) is 4.19. The highest BCUT2D eigenvalue weighted by Gasteiger charge is 2.10. The number of hydrogen-bond acceptors (Lipinski definition) is 1. The minimum atomic E-state index is 0.0465. The van der Waals surface area contributed by atoms with Crippen LogP contribution in [0.5, 0.6) is 0 Å². The van der Waals surface area contributed by atoms with E-state index in [0.717, 1.165) is 16.3 Å². The maximum Gasteiger partial charge on any atom is 0.171 e. The van der Waals surface area contributed by atoms with E-state index in [9.17, 15) is 0 Å². The van der Waals surface area contributed by atoms with Crippen LogP contribution in [0.25, 0.3) is 0 Å². The molecule has 0 bridgehead atoms. The molecule has 0 saturated carbocycles. The van der Waals surface area contributed by atoms with Crippen molar-refractivity contribution < 1.29 is 0 Å². The van der Waals surface area contributed by atoms with Gasteiger partial charge in [0.15, 0.2) is 5.11 Å². The second kappa shape index (κ2) is 6.92. The van der Waals surface area contributed by atoms with Crippen molar-refractivity contribution in [3.63, 3.8) is 0 Å². The SMILES string of the molecule is Cc1ccc(NC(=S)N[C@H](C)c2ccccc2Cl)cc1C. The Morgan fingerprint density at radius 1 is 1.10 bits per heavy atom. The van der Waals surface area contributed by atoms with Crippen molar-refractivity contribution in [3.05, 3.63) is 64.2 Å². The molecular formula is C17H19ClN2S. The van der Waals surface area contributed by atoms with Crippen LogP contribution in [0.1, 0.15) is 29.7 Å². The summed E-state index contributed by atoms with van der Waals surface area (Å²) in [5, 5.41) is 7.79. The lowest BCUT2D eigenvalue weighted by atomic mass is 10.1. The Kier molecular flexibility index (Phi) is 5.21. The van der Waals surface area contributed by atoms with Gasteiger partial charge in [0.2, 0.25) is 0 Å². The summed E-state index contributed by atoms with van der Waals surface area (Å²) < 4.78 is 0. The first-order chi connectivity index (χ1) is 9.97. The van der Waals surface area contributed by atoms with Gasteiger partial charge < -0.3 is 10.6 Å². The highest BCUT2D eigenvalue weighted by molar-refractivity contribution is 7.80. The molecule has 21 heavy (non-hydrogen) atoms. The molecular weight excluding hydrogens is 300 g/mol. The lowest BCUT2D eigenvalue weighted by Crippen LogP contribution is -2.31.